The van der Waals surface area contributed by atoms with Crippen molar-refractivity contribution in [2.45, 2.75) is 95.3 Å². The Morgan fingerprint density at radius 1 is 1.08 bits per heavy atom. The first-order chi connectivity index (χ1) is 23.9. The number of alkyl halides is 1. The summed E-state index contributed by atoms with van der Waals surface area (Å²) >= 11 is 0. The minimum atomic E-state index is -0.810. The third-order valence-corrected chi connectivity index (χ3v) is 11.2. The van der Waals surface area contributed by atoms with Crippen molar-refractivity contribution in [2.24, 2.45) is 0 Å². The van der Waals surface area contributed by atoms with Gasteiger partial charge in [-0.3, -0.25) is 14.6 Å². The number of anilines is 2. The van der Waals surface area contributed by atoms with Gasteiger partial charge in [0.05, 0.1) is 42.1 Å². The first-order valence-electron chi connectivity index (χ1n) is 17.7. The number of hydrogen-bond acceptors (Lipinski definition) is 9. The van der Waals surface area contributed by atoms with Gasteiger partial charge in [0, 0.05) is 49.8 Å². The Balaban J connectivity index is 0.00000361. The van der Waals surface area contributed by atoms with Crippen molar-refractivity contribution in [2.75, 3.05) is 30.3 Å². The zero-order valence-electron chi connectivity index (χ0n) is 28.4. The number of fused-ring (bicyclic) bond motifs is 5. The van der Waals surface area contributed by atoms with Gasteiger partial charge < -0.3 is 20.1 Å². The molecule has 3 aromatic heterocycles. The molecule has 1 spiro atoms. The molecule has 0 amide bonds. The first-order valence-corrected chi connectivity index (χ1v) is 17.7. The number of halogens is 1. The molecule has 50 heavy (non-hydrogen) atoms. The summed E-state index contributed by atoms with van der Waals surface area (Å²) in [6.07, 6.45) is 11.6. The smallest absolute Gasteiger partial charge is 0.323 e. The fourth-order valence-electron chi connectivity index (χ4n) is 8.87. The molecule has 2 saturated heterocycles. The fraction of sp³-hybridized carbons (Fsp3) is 0.474. The SMILES string of the molecule is Cc1ccnc(-c2cc3n(n2)CCCN(c2nc(O/C=C/C45CCCN4C[C@H](F)C5)nc4c2CO[C@@]2(CCCc5ccc(N)[c-]c52)C4)C3)c1.[Cm]. The Bertz CT molecular complexity index is 1950. The number of nitrogens with two attached hydrogens (primary N) is 1. The van der Waals surface area contributed by atoms with E-state index >= 15 is 0 Å². The van der Waals surface area contributed by atoms with Crippen LogP contribution in [-0.2, 0) is 42.9 Å². The number of aromatic nitrogens is 5. The summed E-state index contributed by atoms with van der Waals surface area (Å²) in [4.78, 5) is 19.3. The van der Waals surface area contributed by atoms with Crippen LogP contribution in [0.2, 0.25) is 0 Å². The number of aryl methyl sites for hydroxylation is 3. The number of nitrogens with zero attached hydrogens (tertiary/aromatic N) is 7. The van der Waals surface area contributed by atoms with E-state index in [4.69, 9.17) is 30.3 Å². The molecule has 0 radical (unpaired) electrons. The number of ether oxygens (including phenoxy) is 2. The van der Waals surface area contributed by atoms with Gasteiger partial charge in [-0.05, 0) is 69.0 Å². The van der Waals surface area contributed by atoms with Crippen LogP contribution in [-0.4, -0.2) is 61.0 Å². The second-order valence-corrected chi connectivity index (χ2v) is 14.5. The van der Waals surface area contributed by atoms with Crippen molar-refractivity contribution in [1.82, 2.24) is 29.6 Å². The Kier molecular flexibility index (Phi) is 7.79. The van der Waals surface area contributed by atoms with Crippen molar-refractivity contribution in [3.63, 3.8) is 0 Å². The molecule has 4 aliphatic heterocycles. The number of benzene rings is 1. The van der Waals surface area contributed by atoms with Crippen molar-refractivity contribution in [3.05, 3.63) is 88.6 Å². The van der Waals surface area contributed by atoms with E-state index in [0.717, 1.165) is 103 Å². The molecular formula is C38H42CmFN8O2-. The van der Waals surface area contributed by atoms with Gasteiger partial charge in [-0.1, -0.05) is 18.5 Å². The monoisotopic (exact) mass is 904 g/mol. The molecule has 4 aromatic rings. The molecule has 5 aliphatic rings. The summed E-state index contributed by atoms with van der Waals surface area (Å²) in [5, 5.41) is 4.94. The maximum absolute atomic E-state index is 14.5. The summed E-state index contributed by atoms with van der Waals surface area (Å²) in [7, 11) is 0. The average Bonchev–Trinajstić information content (AvgIpc) is 3.71. The van der Waals surface area contributed by atoms with E-state index in [9.17, 15) is 4.39 Å². The molecule has 1 aliphatic carbocycles. The van der Waals surface area contributed by atoms with Gasteiger partial charge in [0.2, 0.25) is 0 Å². The summed E-state index contributed by atoms with van der Waals surface area (Å²) < 4.78 is 29.7. The van der Waals surface area contributed by atoms with Crippen LogP contribution in [0.4, 0.5) is 15.9 Å². The molecule has 1 aromatic carbocycles. The van der Waals surface area contributed by atoms with Crippen LogP contribution in [0.1, 0.15) is 72.2 Å². The zero-order valence-corrected chi connectivity index (χ0v) is 31.3. The van der Waals surface area contributed by atoms with Gasteiger partial charge in [0.1, 0.15) is 17.7 Å². The van der Waals surface area contributed by atoms with Gasteiger partial charge in [-0.15, -0.1) is 17.2 Å². The summed E-state index contributed by atoms with van der Waals surface area (Å²) in [6, 6.07) is 14.0. The Morgan fingerprint density at radius 3 is 2.90 bits per heavy atom. The molecular weight excluding hydrogens is 866 g/mol. The predicted molar refractivity (Wildman–Crippen MR) is 184 cm³/mol. The van der Waals surface area contributed by atoms with Crippen molar-refractivity contribution in [1.29, 1.82) is 0 Å². The van der Waals surface area contributed by atoms with Crippen molar-refractivity contribution in [3.8, 4) is 17.4 Å². The van der Waals surface area contributed by atoms with E-state index in [1.54, 1.807) is 6.26 Å². The average molecular weight is 909 g/mol. The van der Waals surface area contributed by atoms with Crippen LogP contribution >= 0.6 is 0 Å². The van der Waals surface area contributed by atoms with Crippen LogP contribution in [0.25, 0.3) is 11.4 Å². The summed E-state index contributed by atoms with van der Waals surface area (Å²) in [6.45, 7) is 6.10. The van der Waals surface area contributed by atoms with Gasteiger partial charge >= 0.3 is 6.01 Å². The third-order valence-electron chi connectivity index (χ3n) is 11.2. The van der Waals surface area contributed by atoms with E-state index < -0.39 is 11.8 Å². The van der Waals surface area contributed by atoms with E-state index in [-0.39, 0.29) is 5.54 Å². The maximum Gasteiger partial charge on any atom is 0.323 e. The van der Waals surface area contributed by atoms with Gasteiger partial charge in [0.15, 0.2) is 0 Å². The molecule has 3 atom stereocenters. The first kappa shape index (κ1) is 31.9. The van der Waals surface area contributed by atoms with E-state index in [2.05, 4.69) is 50.7 Å². The Labute approximate surface area is 286 Å². The minimum absolute atomic E-state index is 0. The molecule has 12 heteroatoms. The predicted octanol–water partition coefficient (Wildman–Crippen LogP) is 5.61. The maximum atomic E-state index is 14.5. The normalized spacial score (nSPS) is 25.9. The zero-order chi connectivity index (χ0) is 33.2. The molecule has 0 saturated carbocycles. The van der Waals surface area contributed by atoms with E-state index in [0.29, 0.717) is 44.2 Å². The van der Waals surface area contributed by atoms with Gasteiger partial charge in [-0.2, -0.15) is 27.2 Å². The standard InChI is InChI=1S/C38H42FN8O2.Cm/c1-25-8-12-41-32(17-25)33-19-29-23-45(13-4-15-47(29)44-33)35-30-24-49-38(10-2-5-26-6-7-28(40)18-31(26)38)21-34(30)42-36(43-35)48-16-11-37-9-3-14-46(37)22-27(39)20-37;/h6-8,11-12,16-17,19,27H,2-5,9-10,13-15,20-24,40H2,1H3;/q-1;/b16-11+;/t27-,37?,38+;/m1./s1. The molecule has 0 bridgehead atoms. The molecule has 2 N–H and O–H groups in total. The number of hydrogen-bond donors (Lipinski definition) is 1. The molecule has 2 fully saturated rings. The third kappa shape index (κ3) is 5.44. The van der Waals surface area contributed by atoms with Gasteiger partial charge in [-0.25, -0.2) is 4.39 Å². The van der Waals surface area contributed by atoms with E-state index in [1.807, 2.05) is 24.4 Å². The molecule has 10 nitrogen and oxygen atoms in total. The number of rotatable bonds is 5. The topological polar surface area (TPSA) is 107 Å². The van der Waals surface area contributed by atoms with Crippen LogP contribution in [0.15, 0.2) is 48.9 Å². The van der Waals surface area contributed by atoms with Crippen LogP contribution < -0.4 is 15.4 Å². The van der Waals surface area contributed by atoms with Crippen molar-refractivity contribution < 1.29 is 13.9 Å². The molecule has 7 heterocycles. The minimum Gasteiger partial charge on any atom is -0.432 e. The second-order valence-electron chi connectivity index (χ2n) is 14.5. The quantitative estimate of drug-likeness (QED) is 0.156. The summed E-state index contributed by atoms with van der Waals surface area (Å²) in [5.74, 6) is 0.825. The molecule has 262 valence electrons. The largest absolute Gasteiger partial charge is 0.432 e. The van der Waals surface area contributed by atoms with Crippen molar-refractivity contribution >= 4 is 11.5 Å². The molecule has 9 rings (SSSR count). The fourth-order valence-corrected chi connectivity index (χ4v) is 8.87. The second kappa shape index (κ2) is 12.2. The van der Waals surface area contributed by atoms with E-state index in [1.165, 1.54) is 5.56 Å². The van der Waals surface area contributed by atoms with Crippen LogP contribution in [0, 0.1) is 13.0 Å². The number of pyridine rings is 1. The van der Waals surface area contributed by atoms with Crippen LogP contribution in [0.3, 0.4) is 0 Å². The Morgan fingerprint density at radius 2 is 2.00 bits per heavy atom. The Hall–Kier alpha value is -5.35. The number of nitrogen functional groups attached to an aromatic ring is 1. The van der Waals surface area contributed by atoms with Gasteiger partial charge in [0.25, 0.3) is 0 Å². The van der Waals surface area contributed by atoms with Crippen LogP contribution in [0.5, 0.6) is 6.01 Å². The summed E-state index contributed by atoms with van der Waals surface area (Å²) in [5.41, 5.74) is 14.2. The molecule has 1 unspecified atom stereocenters.